The number of allylic oxidation sites excluding steroid dienone is 5. The standard InChI is InChI=1S/C28H31N3/c1-27(2)21-11-7-9-13-23(21)30(5)25(27)17-15-20(19-29)16-18-26-28(3,4)22-12-8-10-14-24(22)31(26)6/h7-18,25H,1-6H3/b17-15+,20-16-,26-18-. The summed E-state index contributed by atoms with van der Waals surface area (Å²) in [5.74, 6) is 0. The van der Waals surface area contributed by atoms with Gasteiger partial charge in [-0.05, 0) is 41.5 Å². The summed E-state index contributed by atoms with van der Waals surface area (Å²) in [4.78, 5) is 4.54. The van der Waals surface area contributed by atoms with E-state index in [1.165, 1.54) is 28.2 Å². The van der Waals surface area contributed by atoms with E-state index in [2.05, 4.69) is 118 Å². The molecule has 0 radical (unpaired) electrons. The van der Waals surface area contributed by atoms with E-state index < -0.39 is 0 Å². The van der Waals surface area contributed by atoms with Crippen molar-refractivity contribution in [2.75, 3.05) is 23.9 Å². The van der Waals surface area contributed by atoms with Crippen LogP contribution in [0.25, 0.3) is 0 Å². The molecule has 2 aliphatic rings. The lowest BCUT2D eigenvalue weighted by molar-refractivity contribution is 0.488. The second-order valence-corrected chi connectivity index (χ2v) is 9.64. The van der Waals surface area contributed by atoms with Crippen LogP contribution in [0, 0.1) is 11.3 Å². The highest BCUT2D eigenvalue weighted by molar-refractivity contribution is 5.70. The Labute approximate surface area is 186 Å². The molecule has 4 rings (SSSR count). The van der Waals surface area contributed by atoms with Gasteiger partial charge >= 0.3 is 0 Å². The number of hydrogen-bond donors (Lipinski definition) is 0. The number of anilines is 2. The third kappa shape index (κ3) is 3.27. The quantitative estimate of drug-likeness (QED) is 0.453. The molecule has 0 N–H and O–H groups in total. The maximum atomic E-state index is 9.79. The number of hydrogen-bond acceptors (Lipinski definition) is 3. The summed E-state index contributed by atoms with van der Waals surface area (Å²) in [7, 11) is 4.23. The predicted molar refractivity (Wildman–Crippen MR) is 130 cm³/mol. The number of rotatable bonds is 3. The summed E-state index contributed by atoms with van der Waals surface area (Å²) >= 11 is 0. The highest BCUT2D eigenvalue weighted by Gasteiger charge is 2.41. The molecular formula is C28H31N3. The van der Waals surface area contributed by atoms with Crippen LogP contribution in [0.2, 0.25) is 0 Å². The Morgan fingerprint density at radius 2 is 1.55 bits per heavy atom. The number of nitrogens with zero attached hydrogens (tertiary/aromatic N) is 3. The molecule has 1 atom stereocenters. The zero-order valence-electron chi connectivity index (χ0n) is 19.3. The van der Waals surface area contributed by atoms with E-state index >= 15 is 0 Å². The van der Waals surface area contributed by atoms with Crippen LogP contribution in [-0.4, -0.2) is 20.1 Å². The van der Waals surface area contributed by atoms with Crippen molar-refractivity contribution in [2.45, 2.75) is 44.6 Å². The van der Waals surface area contributed by atoms with E-state index in [-0.39, 0.29) is 16.9 Å². The van der Waals surface area contributed by atoms with Crippen molar-refractivity contribution in [3.8, 4) is 6.07 Å². The van der Waals surface area contributed by atoms with E-state index in [9.17, 15) is 5.26 Å². The molecule has 0 saturated carbocycles. The van der Waals surface area contributed by atoms with Crippen molar-refractivity contribution in [3.63, 3.8) is 0 Å². The third-order valence-electron chi connectivity index (χ3n) is 7.08. The van der Waals surface area contributed by atoms with Gasteiger partial charge in [0.15, 0.2) is 0 Å². The molecular weight excluding hydrogens is 378 g/mol. The van der Waals surface area contributed by atoms with Crippen LogP contribution in [0.4, 0.5) is 11.4 Å². The van der Waals surface area contributed by atoms with Crippen molar-refractivity contribution in [2.24, 2.45) is 0 Å². The maximum absolute atomic E-state index is 9.79. The molecule has 158 valence electrons. The molecule has 31 heavy (non-hydrogen) atoms. The van der Waals surface area contributed by atoms with Crippen LogP contribution in [-0.2, 0) is 10.8 Å². The van der Waals surface area contributed by atoms with Crippen LogP contribution in [0.3, 0.4) is 0 Å². The van der Waals surface area contributed by atoms with Gasteiger partial charge in [0.2, 0.25) is 0 Å². The van der Waals surface area contributed by atoms with Crippen LogP contribution in [0.15, 0.2) is 84.1 Å². The summed E-state index contributed by atoms with van der Waals surface area (Å²) in [5, 5.41) is 9.79. The molecule has 3 nitrogen and oxygen atoms in total. The van der Waals surface area contributed by atoms with Gasteiger partial charge in [-0.2, -0.15) is 5.26 Å². The Morgan fingerprint density at radius 1 is 0.935 bits per heavy atom. The van der Waals surface area contributed by atoms with Crippen LogP contribution in [0.5, 0.6) is 0 Å². The third-order valence-corrected chi connectivity index (χ3v) is 7.08. The maximum Gasteiger partial charge on any atom is 0.0991 e. The lowest BCUT2D eigenvalue weighted by Gasteiger charge is -2.29. The molecule has 0 aliphatic carbocycles. The zero-order chi connectivity index (χ0) is 22.4. The largest absolute Gasteiger partial charge is 0.367 e. The van der Waals surface area contributed by atoms with E-state index in [4.69, 9.17) is 0 Å². The van der Waals surface area contributed by atoms with Crippen molar-refractivity contribution in [1.29, 1.82) is 5.26 Å². The van der Waals surface area contributed by atoms with Crippen molar-refractivity contribution >= 4 is 11.4 Å². The molecule has 0 aromatic heterocycles. The second kappa shape index (κ2) is 7.46. The summed E-state index contributed by atoms with van der Waals surface area (Å²) < 4.78 is 0. The monoisotopic (exact) mass is 409 g/mol. The highest BCUT2D eigenvalue weighted by atomic mass is 15.2. The van der Waals surface area contributed by atoms with Crippen molar-refractivity contribution in [3.05, 3.63) is 95.2 Å². The summed E-state index contributed by atoms with van der Waals surface area (Å²) in [6.07, 6.45) is 8.19. The molecule has 0 fully saturated rings. The summed E-state index contributed by atoms with van der Waals surface area (Å²) in [5.41, 5.74) is 6.90. The first-order valence-electron chi connectivity index (χ1n) is 10.9. The van der Waals surface area contributed by atoms with E-state index in [0.717, 1.165) is 0 Å². The topological polar surface area (TPSA) is 30.3 Å². The van der Waals surface area contributed by atoms with Crippen LogP contribution >= 0.6 is 0 Å². The SMILES string of the molecule is CN1\C(=C/C=C(C#N)/C=C/C2N(C)c3ccccc3C2(C)C)C(C)(C)c2ccccc21. The van der Waals surface area contributed by atoms with Crippen molar-refractivity contribution < 1.29 is 0 Å². The molecule has 2 heterocycles. The number of nitriles is 1. The second-order valence-electron chi connectivity index (χ2n) is 9.64. The van der Waals surface area contributed by atoms with Gasteiger partial charge in [-0.1, -0.05) is 70.2 Å². The van der Waals surface area contributed by atoms with Gasteiger partial charge in [-0.15, -0.1) is 0 Å². The Kier molecular flexibility index (Phi) is 5.06. The molecule has 1 unspecified atom stereocenters. The number of benzene rings is 2. The molecule has 0 bridgehead atoms. The van der Waals surface area contributed by atoms with Gasteiger partial charge in [0.05, 0.1) is 17.7 Å². The Balaban J connectivity index is 1.63. The lowest BCUT2D eigenvalue weighted by Crippen LogP contribution is -2.37. The predicted octanol–water partition coefficient (Wildman–Crippen LogP) is 6.10. The highest BCUT2D eigenvalue weighted by Crippen LogP contribution is 2.47. The van der Waals surface area contributed by atoms with E-state index in [0.29, 0.717) is 5.57 Å². The molecule has 0 saturated heterocycles. The van der Waals surface area contributed by atoms with Gasteiger partial charge in [0.25, 0.3) is 0 Å². The van der Waals surface area contributed by atoms with Gasteiger partial charge in [-0.25, -0.2) is 0 Å². The molecule has 0 spiro atoms. The first kappa shape index (κ1) is 21.0. The number of para-hydroxylation sites is 2. The zero-order valence-corrected chi connectivity index (χ0v) is 19.3. The molecule has 3 heteroatoms. The minimum atomic E-state index is -0.0958. The summed E-state index contributed by atoms with van der Waals surface area (Å²) in [6.45, 7) is 9.03. The molecule has 2 aromatic carbocycles. The molecule has 0 amide bonds. The Hall–Kier alpha value is -3.25. The smallest absolute Gasteiger partial charge is 0.0991 e. The average Bonchev–Trinajstić information content (AvgIpc) is 3.07. The fourth-order valence-electron chi connectivity index (χ4n) is 5.28. The Bertz CT molecular complexity index is 1140. The van der Waals surface area contributed by atoms with Crippen LogP contribution in [0.1, 0.15) is 38.8 Å². The fourth-order valence-corrected chi connectivity index (χ4v) is 5.28. The van der Waals surface area contributed by atoms with Gasteiger partial charge < -0.3 is 9.80 Å². The minimum Gasteiger partial charge on any atom is -0.367 e. The lowest BCUT2D eigenvalue weighted by atomic mass is 9.80. The van der Waals surface area contributed by atoms with Gasteiger partial charge in [-0.3, -0.25) is 0 Å². The average molecular weight is 410 g/mol. The minimum absolute atomic E-state index is 0.0177. The normalized spacial score (nSPS) is 22.7. The van der Waals surface area contributed by atoms with E-state index in [1.807, 2.05) is 12.2 Å². The van der Waals surface area contributed by atoms with Crippen molar-refractivity contribution in [1.82, 2.24) is 0 Å². The van der Waals surface area contributed by atoms with Crippen LogP contribution < -0.4 is 9.80 Å². The summed E-state index contributed by atoms with van der Waals surface area (Å²) in [6, 6.07) is 19.7. The first-order chi connectivity index (χ1) is 14.7. The molecule has 2 aliphatic heterocycles. The van der Waals surface area contributed by atoms with Gasteiger partial charge in [0, 0.05) is 42.0 Å². The fraction of sp³-hybridized carbons (Fsp3) is 0.321. The first-order valence-corrected chi connectivity index (χ1v) is 10.9. The number of fused-ring (bicyclic) bond motifs is 2. The van der Waals surface area contributed by atoms with Gasteiger partial charge in [0.1, 0.15) is 0 Å². The van der Waals surface area contributed by atoms with E-state index in [1.54, 1.807) is 0 Å². The number of likely N-dealkylation sites (N-methyl/N-ethyl adjacent to an activating group) is 2. The Morgan fingerprint density at radius 3 is 2.16 bits per heavy atom. The molecule has 2 aromatic rings.